The van der Waals surface area contributed by atoms with E-state index in [1.807, 2.05) is 13.8 Å². The predicted octanol–water partition coefficient (Wildman–Crippen LogP) is 3.48. The highest BCUT2D eigenvalue weighted by atomic mass is 16.3. The SMILES string of the molecule is CCCCN1C(=O)c2ccc3c4c(ccc(c24)C1=O)C(O)N(CCCC)C3=O. The van der Waals surface area contributed by atoms with Crippen LogP contribution in [0.1, 0.15) is 82.4 Å². The van der Waals surface area contributed by atoms with E-state index in [-0.39, 0.29) is 17.7 Å². The van der Waals surface area contributed by atoms with Crippen molar-refractivity contribution in [3.63, 3.8) is 0 Å². The number of carbonyl (C=O) groups excluding carboxylic acids is 3. The second-order valence-electron chi connectivity index (χ2n) is 7.45. The summed E-state index contributed by atoms with van der Waals surface area (Å²) in [4.78, 5) is 41.7. The van der Waals surface area contributed by atoms with Gasteiger partial charge in [0.05, 0.1) is 0 Å². The Kier molecular flexibility index (Phi) is 4.67. The molecular weight excluding hydrogens is 356 g/mol. The van der Waals surface area contributed by atoms with Crippen LogP contribution in [0.4, 0.5) is 0 Å². The molecule has 28 heavy (non-hydrogen) atoms. The summed E-state index contributed by atoms with van der Waals surface area (Å²) in [5.41, 5.74) is 1.87. The Hall–Kier alpha value is -2.73. The van der Waals surface area contributed by atoms with Gasteiger partial charge in [-0.25, -0.2) is 0 Å². The van der Waals surface area contributed by atoms with Crippen molar-refractivity contribution in [2.24, 2.45) is 0 Å². The van der Waals surface area contributed by atoms with Crippen molar-refractivity contribution in [2.45, 2.75) is 45.8 Å². The van der Waals surface area contributed by atoms with Crippen LogP contribution in [0.25, 0.3) is 10.8 Å². The largest absolute Gasteiger partial charge is 0.369 e. The van der Waals surface area contributed by atoms with Crippen molar-refractivity contribution < 1.29 is 19.5 Å². The van der Waals surface area contributed by atoms with Crippen molar-refractivity contribution >= 4 is 28.5 Å². The van der Waals surface area contributed by atoms with Crippen LogP contribution < -0.4 is 0 Å². The number of rotatable bonds is 6. The molecule has 4 rings (SSSR count). The lowest BCUT2D eigenvalue weighted by Gasteiger charge is -2.36. The highest BCUT2D eigenvalue weighted by Gasteiger charge is 2.39. The molecule has 0 saturated heterocycles. The van der Waals surface area contributed by atoms with Crippen molar-refractivity contribution in [3.05, 3.63) is 46.5 Å². The van der Waals surface area contributed by atoms with Gasteiger partial charge in [0.2, 0.25) is 0 Å². The van der Waals surface area contributed by atoms with Gasteiger partial charge in [0.25, 0.3) is 17.7 Å². The van der Waals surface area contributed by atoms with E-state index in [0.29, 0.717) is 46.1 Å². The molecule has 146 valence electrons. The van der Waals surface area contributed by atoms with E-state index >= 15 is 0 Å². The van der Waals surface area contributed by atoms with Gasteiger partial charge >= 0.3 is 0 Å². The normalized spacial score (nSPS) is 18.4. The number of amides is 3. The Morgan fingerprint density at radius 3 is 1.93 bits per heavy atom. The van der Waals surface area contributed by atoms with Crippen molar-refractivity contribution in [3.8, 4) is 0 Å². The van der Waals surface area contributed by atoms with Gasteiger partial charge in [0.15, 0.2) is 6.23 Å². The van der Waals surface area contributed by atoms with Crippen LogP contribution in [0.5, 0.6) is 0 Å². The maximum Gasteiger partial charge on any atom is 0.261 e. The smallest absolute Gasteiger partial charge is 0.261 e. The van der Waals surface area contributed by atoms with Crippen LogP contribution in [0, 0.1) is 0 Å². The Morgan fingerprint density at radius 1 is 0.786 bits per heavy atom. The molecule has 3 amide bonds. The number of aliphatic hydroxyl groups is 1. The minimum atomic E-state index is -1.07. The minimum Gasteiger partial charge on any atom is -0.369 e. The molecule has 1 atom stereocenters. The van der Waals surface area contributed by atoms with Crippen LogP contribution in [0.15, 0.2) is 24.3 Å². The lowest BCUT2D eigenvalue weighted by Crippen LogP contribution is -2.42. The molecule has 0 bridgehead atoms. The Labute approximate surface area is 163 Å². The second kappa shape index (κ2) is 7.02. The van der Waals surface area contributed by atoms with E-state index in [2.05, 4.69) is 0 Å². The van der Waals surface area contributed by atoms with E-state index < -0.39 is 6.23 Å². The molecule has 2 aromatic rings. The Balaban J connectivity index is 1.90. The molecule has 0 aromatic heterocycles. The van der Waals surface area contributed by atoms with E-state index in [0.717, 1.165) is 25.7 Å². The number of aliphatic hydroxyl groups excluding tert-OH is 1. The molecule has 2 aliphatic heterocycles. The van der Waals surface area contributed by atoms with Crippen LogP contribution in [-0.4, -0.2) is 45.7 Å². The van der Waals surface area contributed by atoms with Gasteiger partial charge in [-0.05, 0) is 31.0 Å². The molecular formula is C22H24N2O4. The van der Waals surface area contributed by atoms with Gasteiger partial charge in [-0.2, -0.15) is 0 Å². The van der Waals surface area contributed by atoms with Gasteiger partial charge in [-0.1, -0.05) is 32.8 Å². The zero-order valence-electron chi connectivity index (χ0n) is 16.2. The Morgan fingerprint density at radius 2 is 1.32 bits per heavy atom. The van der Waals surface area contributed by atoms with Crippen LogP contribution in [0.3, 0.4) is 0 Å². The van der Waals surface area contributed by atoms with Gasteiger partial charge in [-0.15, -0.1) is 0 Å². The summed E-state index contributed by atoms with van der Waals surface area (Å²) >= 11 is 0. The molecule has 0 saturated carbocycles. The first-order chi connectivity index (χ1) is 13.5. The summed E-state index contributed by atoms with van der Waals surface area (Å²) in [7, 11) is 0. The monoisotopic (exact) mass is 380 g/mol. The molecule has 0 aliphatic carbocycles. The first-order valence-electron chi connectivity index (χ1n) is 9.96. The molecule has 2 aliphatic rings. The number of hydrogen-bond acceptors (Lipinski definition) is 4. The number of hydrogen-bond donors (Lipinski definition) is 1. The topological polar surface area (TPSA) is 77.9 Å². The number of carbonyl (C=O) groups is 3. The van der Waals surface area contributed by atoms with E-state index in [1.54, 1.807) is 24.3 Å². The van der Waals surface area contributed by atoms with Crippen LogP contribution in [-0.2, 0) is 0 Å². The highest BCUT2D eigenvalue weighted by Crippen LogP contribution is 2.41. The van der Waals surface area contributed by atoms with Gasteiger partial charge in [0, 0.05) is 46.1 Å². The summed E-state index contributed by atoms with van der Waals surface area (Å²) in [6, 6.07) is 6.69. The van der Waals surface area contributed by atoms with Crippen molar-refractivity contribution in [1.82, 2.24) is 9.80 Å². The zero-order valence-corrected chi connectivity index (χ0v) is 16.2. The standard InChI is InChI=1S/C22H24N2O4/c1-3-5-11-23-19(25)13-7-9-15-18-16(10-8-14(17(13)18)20(23)26)22(28)24(21(15)27)12-6-4-2/h7-10,19,25H,3-6,11-12H2,1-2H3. The summed E-state index contributed by atoms with van der Waals surface area (Å²) < 4.78 is 0. The third-order valence-electron chi connectivity index (χ3n) is 5.70. The van der Waals surface area contributed by atoms with E-state index in [9.17, 15) is 19.5 Å². The lowest BCUT2D eigenvalue weighted by molar-refractivity contribution is 0.00431. The Bertz CT molecular complexity index is 975. The van der Waals surface area contributed by atoms with E-state index in [4.69, 9.17) is 0 Å². The molecule has 0 spiro atoms. The van der Waals surface area contributed by atoms with Crippen LogP contribution in [0.2, 0.25) is 0 Å². The summed E-state index contributed by atoms with van der Waals surface area (Å²) in [6.07, 6.45) is 2.26. The molecule has 2 aromatic carbocycles. The predicted molar refractivity (Wildman–Crippen MR) is 105 cm³/mol. The molecule has 1 unspecified atom stereocenters. The zero-order chi connectivity index (χ0) is 20.0. The summed E-state index contributed by atoms with van der Waals surface area (Å²) in [5.74, 6) is -0.916. The average Bonchev–Trinajstić information content (AvgIpc) is 2.70. The number of unbranched alkanes of at least 4 members (excludes halogenated alkanes) is 2. The first kappa shape index (κ1) is 18.6. The third-order valence-corrected chi connectivity index (χ3v) is 5.70. The van der Waals surface area contributed by atoms with Gasteiger partial charge in [-0.3, -0.25) is 19.3 Å². The molecule has 2 heterocycles. The molecule has 0 fully saturated rings. The number of benzene rings is 2. The second-order valence-corrected chi connectivity index (χ2v) is 7.45. The maximum absolute atomic E-state index is 13.0. The number of nitrogens with zero attached hydrogens (tertiary/aromatic N) is 2. The highest BCUT2D eigenvalue weighted by molar-refractivity contribution is 6.28. The fourth-order valence-corrected chi connectivity index (χ4v) is 4.16. The molecule has 6 nitrogen and oxygen atoms in total. The lowest BCUT2D eigenvalue weighted by atomic mass is 9.85. The molecule has 1 N–H and O–H groups in total. The third kappa shape index (κ3) is 2.55. The van der Waals surface area contributed by atoms with Crippen molar-refractivity contribution in [2.75, 3.05) is 13.1 Å². The first-order valence-corrected chi connectivity index (χ1v) is 9.96. The van der Waals surface area contributed by atoms with Gasteiger partial charge in [0.1, 0.15) is 0 Å². The molecule has 6 heteroatoms. The fraction of sp³-hybridized carbons (Fsp3) is 0.409. The number of imide groups is 1. The fourth-order valence-electron chi connectivity index (χ4n) is 4.16. The summed E-state index contributed by atoms with van der Waals surface area (Å²) in [6.45, 7) is 4.88. The van der Waals surface area contributed by atoms with Crippen LogP contribution >= 0.6 is 0 Å². The summed E-state index contributed by atoms with van der Waals surface area (Å²) in [5, 5.41) is 11.9. The minimum absolute atomic E-state index is 0.259. The van der Waals surface area contributed by atoms with Crippen molar-refractivity contribution in [1.29, 1.82) is 0 Å². The maximum atomic E-state index is 13.0. The van der Waals surface area contributed by atoms with Gasteiger partial charge < -0.3 is 10.0 Å². The molecule has 0 radical (unpaired) electrons. The quantitative estimate of drug-likeness (QED) is 0.778. The average molecular weight is 380 g/mol. The van der Waals surface area contributed by atoms with E-state index in [1.165, 1.54) is 9.80 Å².